The fraction of sp³-hybridized carbons (Fsp3) is 0.964. The monoisotopic (exact) mass is 592 g/mol. The normalized spacial score (nSPS) is 48.6. The van der Waals surface area contributed by atoms with Gasteiger partial charge in [-0.2, -0.15) is 8.42 Å². The maximum absolute atomic E-state index is 13.7. The number of carbonyl (C=O) groups excluding carboxylic acids is 1. The van der Waals surface area contributed by atoms with Gasteiger partial charge in [-0.05, 0) is 59.7 Å². The van der Waals surface area contributed by atoms with E-state index in [0.717, 1.165) is 0 Å². The van der Waals surface area contributed by atoms with Gasteiger partial charge in [0.1, 0.15) is 18.0 Å². The maximum atomic E-state index is 13.7. The van der Waals surface area contributed by atoms with Crippen molar-refractivity contribution in [2.75, 3.05) is 0 Å². The van der Waals surface area contributed by atoms with Crippen LogP contribution in [0, 0.1) is 58.2 Å². The topological polar surface area (TPSA) is 202 Å². The standard InChI is InChI=1S/C28H48O11S/c1-11(2)12(3)21(30)22(31)13(4)15-9-16(29)19-18-14(7-8-27(15,19)5)28(6)10-17(39-40(36,37)38)23(32)25(34)20(28)26(35)24(18)33/h11-15,17-26,30-35H,7-10H2,1-6H3,(H,36,37,38)/t12-,13-,14-,15+,17-,18+,19+,20+,21+,22+,23+,24+,25-,26+,27+,28+/m0/s1. The molecule has 4 fully saturated rings. The molecule has 0 aromatic heterocycles. The summed E-state index contributed by atoms with van der Waals surface area (Å²) in [6.45, 7) is 11.4. The number of aliphatic hydroxyl groups is 6. The Morgan fingerprint density at radius 3 is 2.02 bits per heavy atom. The summed E-state index contributed by atoms with van der Waals surface area (Å²) in [6, 6.07) is 0. The minimum atomic E-state index is -4.96. The number of ketones is 1. The molecule has 4 aliphatic carbocycles. The Balaban J connectivity index is 1.68. The van der Waals surface area contributed by atoms with Gasteiger partial charge in [-0.15, -0.1) is 0 Å². The van der Waals surface area contributed by atoms with Crippen LogP contribution in [-0.4, -0.2) is 92.1 Å². The summed E-state index contributed by atoms with van der Waals surface area (Å²) in [5, 5.41) is 66.4. The molecule has 0 radical (unpaired) electrons. The summed E-state index contributed by atoms with van der Waals surface area (Å²) in [6.07, 6.45) is -8.72. The van der Waals surface area contributed by atoms with Crippen molar-refractivity contribution in [3.63, 3.8) is 0 Å². The van der Waals surface area contributed by atoms with Gasteiger partial charge in [0.15, 0.2) is 0 Å². The lowest BCUT2D eigenvalue weighted by Crippen LogP contribution is -2.70. The minimum absolute atomic E-state index is 0.0944. The number of hydrogen-bond donors (Lipinski definition) is 7. The van der Waals surface area contributed by atoms with Crippen LogP contribution in [0.5, 0.6) is 0 Å². The first-order valence-electron chi connectivity index (χ1n) is 14.5. The smallest absolute Gasteiger partial charge is 0.390 e. The van der Waals surface area contributed by atoms with E-state index in [0.29, 0.717) is 12.8 Å². The molecule has 0 aromatic rings. The first kappa shape index (κ1) is 32.2. The Kier molecular flexibility index (Phi) is 8.68. The second-order valence-electron chi connectivity index (χ2n) is 14.2. The van der Waals surface area contributed by atoms with E-state index in [1.807, 2.05) is 34.6 Å². The lowest BCUT2D eigenvalue weighted by Gasteiger charge is -2.64. The molecule has 4 aliphatic rings. The number of rotatable bonds is 7. The van der Waals surface area contributed by atoms with Gasteiger partial charge in [0.2, 0.25) is 0 Å². The molecule has 0 aliphatic heterocycles. The summed E-state index contributed by atoms with van der Waals surface area (Å²) in [7, 11) is -4.96. The van der Waals surface area contributed by atoms with E-state index in [2.05, 4.69) is 0 Å². The second kappa shape index (κ2) is 10.8. The Morgan fingerprint density at radius 2 is 1.48 bits per heavy atom. The van der Waals surface area contributed by atoms with E-state index in [1.54, 1.807) is 6.92 Å². The van der Waals surface area contributed by atoms with E-state index in [1.165, 1.54) is 0 Å². The van der Waals surface area contributed by atoms with Crippen molar-refractivity contribution in [3.8, 4) is 0 Å². The van der Waals surface area contributed by atoms with Crippen molar-refractivity contribution < 1.29 is 52.6 Å². The van der Waals surface area contributed by atoms with E-state index >= 15 is 0 Å². The SMILES string of the molecule is CC(C)[C@H](C)[C@@H](O)[C@H](O)[C@@H](C)[C@H]1CC(=O)[C@@H]2[C@@H]3[C@@H](O)[C@H](O)[C@H]4[C@H](O)[C@H](O)[C@@H](OS(=O)(=O)O)C[C@]4(C)[C@H]3CC[C@]12C. The summed E-state index contributed by atoms with van der Waals surface area (Å²) in [5.74, 6) is -3.65. The third kappa shape index (κ3) is 4.98. The minimum Gasteiger partial charge on any atom is -0.390 e. The van der Waals surface area contributed by atoms with Crippen LogP contribution in [-0.2, 0) is 19.4 Å². The molecule has 232 valence electrons. The van der Waals surface area contributed by atoms with Crippen LogP contribution in [0.4, 0.5) is 0 Å². The number of carbonyl (C=O) groups is 1. The second-order valence-corrected chi connectivity index (χ2v) is 15.2. The van der Waals surface area contributed by atoms with Gasteiger partial charge in [-0.3, -0.25) is 9.35 Å². The molecule has 4 rings (SSSR count). The highest BCUT2D eigenvalue weighted by molar-refractivity contribution is 7.80. The van der Waals surface area contributed by atoms with Crippen LogP contribution in [0.1, 0.15) is 67.2 Å². The molecule has 0 aromatic carbocycles. The van der Waals surface area contributed by atoms with Crippen LogP contribution in [0.25, 0.3) is 0 Å². The van der Waals surface area contributed by atoms with Gasteiger partial charge in [-0.1, -0.05) is 41.5 Å². The molecule has 4 saturated carbocycles. The molecular formula is C28H48O11S. The highest BCUT2D eigenvalue weighted by atomic mass is 32.3. The number of fused-ring (bicyclic) bond motifs is 5. The average Bonchev–Trinajstić information content (AvgIpc) is 3.12. The Hall–Kier alpha value is -0.700. The zero-order valence-electron chi connectivity index (χ0n) is 24.2. The highest BCUT2D eigenvalue weighted by Crippen LogP contribution is 2.67. The predicted molar refractivity (Wildman–Crippen MR) is 143 cm³/mol. The van der Waals surface area contributed by atoms with Crippen LogP contribution < -0.4 is 0 Å². The Bertz CT molecular complexity index is 1070. The van der Waals surface area contributed by atoms with E-state index in [9.17, 15) is 48.4 Å². The molecule has 0 amide bonds. The molecule has 12 heteroatoms. The van der Waals surface area contributed by atoms with E-state index < -0.39 is 93.5 Å². The Morgan fingerprint density at radius 1 is 0.900 bits per heavy atom. The van der Waals surface area contributed by atoms with Crippen molar-refractivity contribution in [3.05, 3.63) is 0 Å². The molecule has 40 heavy (non-hydrogen) atoms. The lowest BCUT2D eigenvalue weighted by molar-refractivity contribution is -0.264. The lowest BCUT2D eigenvalue weighted by atomic mass is 9.42. The van der Waals surface area contributed by atoms with Gasteiger partial charge in [0.05, 0.1) is 30.5 Å². The summed E-state index contributed by atoms with van der Waals surface area (Å²) >= 11 is 0. The predicted octanol–water partition coefficient (Wildman–Crippen LogP) is 0.546. The Labute approximate surface area is 236 Å². The molecule has 0 unspecified atom stereocenters. The van der Waals surface area contributed by atoms with E-state index in [-0.39, 0.29) is 36.4 Å². The molecule has 11 nitrogen and oxygen atoms in total. The third-order valence-electron chi connectivity index (χ3n) is 12.0. The molecule has 7 N–H and O–H groups in total. The average molecular weight is 593 g/mol. The van der Waals surface area contributed by atoms with Gasteiger partial charge >= 0.3 is 10.4 Å². The summed E-state index contributed by atoms with van der Waals surface area (Å²) < 4.78 is 37.0. The zero-order valence-corrected chi connectivity index (χ0v) is 25.0. The van der Waals surface area contributed by atoms with Crippen LogP contribution in [0.15, 0.2) is 0 Å². The first-order valence-corrected chi connectivity index (χ1v) is 15.9. The largest absolute Gasteiger partial charge is 0.397 e. The molecule has 0 spiro atoms. The summed E-state index contributed by atoms with van der Waals surface area (Å²) in [5.41, 5.74) is -1.68. The zero-order chi connectivity index (χ0) is 30.3. The highest BCUT2D eigenvalue weighted by Gasteiger charge is 2.70. The number of hydrogen-bond acceptors (Lipinski definition) is 10. The number of aliphatic hydroxyl groups excluding tert-OH is 6. The van der Waals surface area contributed by atoms with Crippen LogP contribution >= 0.6 is 0 Å². The number of Topliss-reactive ketones (excluding diaryl/α,β-unsaturated/α-hetero) is 1. The van der Waals surface area contributed by atoms with Crippen molar-refractivity contribution in [2.45, 2.75) is 110 Å². The fourth-order valence-corrected chi connectivity index (χ4v) is 9.99. The van der Waals surface area contributed by atoms with Crippen LogP contribution in [0.2, 0.25) is 0 Å². The first-order chi connectivity index (χ1) is 18.3. The van der Waals surface area contributed by atoms with Crippen molar-refractivity contribution in [1.29, 1.82) is 0 Å². The molecule has 0 bridgehead atoms. The molecule has 16 atom stereocenters. The molecule has 0 heterocycles. The van der Waals surface area contributed by atoms with Crippen LogP contribution in [0.3, 0.4) is 0 Å². The quantitative estimate of drug-likeness (QED) is 0.203. The fourth-order valence-electron chi connectivity index (χ4n) is 9.50. The molecular weight excluding hydrogens is 544 g/mol. The van der Waals surface area contributed by atoms with Gasteiger partial charge in [-0.25, -0.2) is 4.18 Å². The van der Waals surface area contributed by atoms with Gasteiger partial charge in [0, 0.05) is 24.2 Å². The van der Waals surface area contributed by atoms with Gasteiger partial charge in [0.25, 0.3) is 0 Å². The van der Waals surface area contributed by atoms with Gasteiger partial charge < -0.3 is 30.6 Å². The van der Waals surface area contributed by atoms with E-state index in [4.69, 9.17) is 4.18 Å². The maximum Gasteiger partial charge on any atom is 0.397 e. The third-order valence-corrected chi connectivity index (χ3v) is 12.5. The van der Waals surface area contributed by atoms with Crippen molar-refractivity contribution in [2.24, 2.45) is 58.2 Å². The summed E-state index contributed by atoms with van der Waals surface area (Å²) in [4.78, 5) is 13.7. The van der Waals surface area contributed by atoms with Crippen molar-refractivity contribution >= 4 is 16.2 Å². The molecule has 0 saturated heterocycles. The van der Waals surface area contributed by atoms with Crippen molar-refractivity contribution in [1.82, 2.24) is 0 Å².